The molecule has 1 saturated heterocycles. The van der Waals surface area contributed by atoms with Crippen LogP contribution in [0, 0.1) is 11.3 Å². The number of nitriles is 1. The van der Waals surface area contributed by atoms with Crippen molar-refractivity contribution in [3.05, 3.63) is 58.3 Å². The zero-order valence-corrected chi connectivity index (χ0v) is 17.4. The van der Waals surface area contributed by atoms with Crippen LogP contribution in [0.3, 0.4) is 0 Å². The number of benzene rings is 1. The Hall–Kier alpha value is -2.64. The summed E-state index contributed by atoms with van der Waals surface area (Å²) in [4.78, 5) is 19.6. The monoisotopic (exact) mass is 385 g/mol. The minimum Gasteiger partial charge on any atom is -0.357 e. The number of nitrogens with one attached hydrogen (secondary N) is 1. The van der Waals surface area contributed by atoms with Gasteiger partial charge in [0, 0.05) is 33.1 Å². The molecule has 0 amide bonds. The van der Waals surface area contributed by atoms with E-state index < -0.39 is 0 Å². The number of fused-ring (bicyclic) bond motifs is 3. The number of nitrogens with zero attached hydrogens (tertiary/aromatic N) is 2. The molecule has 1 aliphatic heterocycles. The largest absolute Gasteiger partial charge is 0.357 e. The van der Waals surface area contributed by atoms with Crippen LogP contribution in [0.2, 0.25) is 0 Å². The van der Waals surface area contributed by atoms with Gasteiger partial charge in [0.15, 0.2) is 5.78 Å². The van der Waals surface area contributed by atoms with Gasteiger partial charge in [-0.2, -0.15) is 5.26 Å². The van der Waals surface area contributed by atoms with Crippen molar-refractivity contribution in [2.45, 2.75) is 57.4 Å². The summed E-state index contributed by atoms with van der Waals surface area (Å²) in [5, 5.41) is 10.2. The summed E-state index contributed by atoms with van der Waals surface area (Å²) in [5.74, 6) is 0.113. The number of hydrogen-bond acceptors (Lipinski definition) is 3. The second-order valence-electron chi connectivity index (χ2n) is 9.51. The Labute approximate surface area is 171 Å². The number of carbonyl (C=O) groups is 1. The number of ketones is 1. The van der Waals surface area contributed by atoms with E-state index in [9.17, 15) is 10.1 Å². The summed E-state index contributed by atoms with van der Waals surface area (Å²) in [6, 6.07) is 7.75. The van der Waals surface area contributed by atoms with Crippen LogP contribution < -0.4 is 0 Å². The normalized spacial score (nSPS) is 26.3. The minimum absolute atomic E-state index is 0.0334. The van der Waals surface area contributed by atoms with Gasteiger partial charge in [-0.3, -0.25) is 9.69 Å². The molecule has 4 heteroatoms. The maximum Gasteiger partial charge on any atom is 0.195 e. The van der Waals surface area contributed by atoms with E-state index in [0.717, 1.165) is 47.2 Å². The number of aromatic nitrogens is 1. The van der Waals surface area contributed by atoms with E-state index in [1.54, 1.807) is 6.07 Å². The fourth-order valence-corrected chi connectivity index (χ4v) is 5.53. The van der Waals surface area contributed by atoms with E-state index >= 15 is 0 Å². The molecule has 0 radical (unpaired) electrons. The topological polar surface area (TPSA) is 59.9 Å². The standard InChI is InChI=1S/C25H27N3O/c1-24(2)19-14-25(3,28-11-5-4-6-12-28)10-9-17(19)22(29)21-18-8-7-16(15-26)13-20(18)27-23(21)24/h7-10,13,27H,4-6,11-12,14H2,1-3H3/t25-/m1/s1. The van der Waals surface area contributed by atoms with Crippen molar-refractivity contribution >= 4 is 16.7 Å². The molecular weight excluding hydrogens is 358 g/mol. The average molecular weight is 386 g/mol. The Morgan fingerprint density at radius 3 is 2.62 bits per heavy atom. The van der Waals surface area contributed by atoms with E-state index in [1.165, 1.54) is 24.8 Å². The smallest absolute Gasteiger partial charge is 0.195 e. The maximum atomic E-state index is 13.5. The molecule has 1 fully saturated rings. The Bertz CT molecular complexity index is 1130. The van der Waals surface area contributed by atoms with Crippen molar-refractivity contribution in [3.8, 4) is 6.07 Å². The van der Waals surface area contributed by atoms with E-state index in [-0.39, 0.29) is 16.7 Å². The van der Waals surface area contributed by atoms with Crippen LogP contribution in [-0.2, 0) is 5.41 Å². The van der Waals surface area contributed by atoms with Gasteiger partial charge in [-0.1, -0.05) is 38.5 Å². The first kappa shape index (κ1) is 18.4. The molecule has 29 heavy (non-hydrogen) atoms. The van der Waals surface area contributed by atoms with Gasteiger partial charge in [-0.05, 0) is 57.0 Å². The quantitative estimate of drug-likeness (QED) is 0.750. The van der Waals surface area contributed by atoms with Crippen molar-refractivity contribution in [1.82, 2.24) is 9.88 Å². The van der Waals surface area contributed by atoms with Crippen LogP contribution in [0.4, 0.5) is 0 Å². The van der Waals surface area contributed by atoms with Crippen molar-refractivity contribution in [2.24, 2.45) is 0 Å². The summed E-state index contributed by atoms with van der Waals surface area (Å²) >= 11 is 0. The zero-order chi connectivity index (χ0) is 20.4. The zero-order valence-electron chi connectivity index (χ0n) is 17.4. The van der Waals surface area contributed by atoms with Crippen LogP contribution >= 0.6 is 0 Å². The number of aromatic amines is 1. The molecule has 0 spiro atoms. The van der Waals surface area contributed by atoms with Crippen molar-refractivity contribution in [2.75, 3.05) is 13.1 Å². The number of allylic oxidation sites excluding steroid dienone is 2. The van der Waals surface area contributed by atoms with Crippen LogP contribution in [0.1, 0.15) is 68.1 Å². The van der Waals surface area contributed by atoms with Crippen LogP contribution in [0.5, 0.6) is 0 Å². The number of carbonyl (C=O) groups excluding carboxylic acids is 1. The molecule has 2 heterocycles. The first-order valence-corrected chi connectivity index (χ1v) is 10.6. The SMILES string of the molecule is CC1(C)C2=C(C=C[C@@](C)(N3CCCCC3)C2)C(=O)c2c1[nH]c1cc(C#N)ccc21. The number of likely N-dealkylation sites (tertiary alicyclic amines) is 1. The molecule has 0 unspecified atom stereocenters. The van der Waals surface area contributed by atoms with Crippen molar-refractivity contribution in [1.29, 1.82) is 5.26 Å². The number of piperidine rings is 1. The van der Waals surface area contributed by atoms with Gasteiger partial charge >= 0.3 is 0 Å². The van der Waals surface area contributed by atoms with Gasteiger partial charge in [-0.15, -0.1) is 0 Å². The molecule has 0 bridgehead atoms. The summed E-state index contributed by atoms with van der Waals surface area (Å²) < 4.78 is 0. The number of rotatable bonds is 1. The lowest BCUT2D eigenvalue weighted by molar-refractivity contribution is 0.100. The molecule has 0 saturated carbocycles. The molecule has 1 atom stereocenters. The fraction of sp³-hybridized carbons (Fsp3) is 0.440. The van der Waals surface area contributed by atoms with Gasteiger partial charge < -0.3 is 4.98 Å². The number of hydrogen-bond donors (Lipinski definition) is 1. The third kappa shape index (κ3) is 2.57. The average Bonchev–Trinajstić information content (AvgIpc) is 3.13. The third-order valence-corrected chi connectivity index (χ3v) is 7.33. The predicted molar refractivity (Wildman–Crippen MR) is 115 cm³/mol. The summed E-state index contributed by atoms with van der Waals surface area (Å²) in [6.07, 6.45) is 9.06. The number of H-pyrrole nitrogens is 1. The van der Waals surface area contributed by atoms with Crippen LogP contribution in [0.25, 0.3) is 10.9 Å². The molecule has 1 N–H and O–H groups in total. The van der Waals surface area contributed by atoms with E-state index in [1.807, 2.05) is 12.1 Å². The highest BCUT2D eigenvalue weighted by atomic mass is 16.1. The first-order chi connectivity index (χ1) is 13.8. The fourth-order valence-electron chi connectivity index (χ4n) is 5.53. The predicted octanol–water partition coefficient (Wildman–Crippen LogP) is 5.01. The van der Waals surface area contributed by atoms with E-state index in [4.69, 9.17) is 0 Å². The first-order valence-electron chi connectivity index (χ1n) is 10.6. The van der Waals surface area contributed by atoms with Gasteiger partial charge in [0.05, 0.1) is 17.2 Å². The lowest BCUT2D eigenvalue weighted by Crippen LogP contribution is -2.50. The Kier molecular flexibility index (Phi) is 3.92. The summed E-state index contributed by atoms with van der Waals surface area (Å²) in [6.45, 7) is 9.03. The lowest BCUT2D eigenvalue weighted by Gasteiger charge is -2.47. The van der Waals surface area contributed by atoms with Gasteiger partial charge in [0.25, 0.3) is 0 Å². The second kappa shape index (κ2) is 6.18. The second-order valence-corrected chi connectivity index (χ2v) is 9.51. The molecule has 1 aromatic carbocycles. The highest BCUT2D eigenvalue weighted by Gasteiger charge is 2.45. The lowest BCUT2D eigenvalue weighted by atomic mass is 9.65. The van der Waals surface area contributed by atoms with Crippen LogP contribution in [-0.4, -0.2) is 34.3 Å². The molecule has 2 aliphatic carbocycles. The van der Waals surface area contributed by atoms with Crippen LogP contribution in [0.15, 0.2) is 41.5 Å². The summed E-state index contributed by atoms with van der Waals surface area (Å²) in [5.41, 5.74) is 5.05. The Morgan fingerprint density at radius 1 is 1.14 bits per heavy atom. The maximum absolute atomic E-state index is 13.5. The summed E-state index contributed by atoms with van der Waals surface area (Å²) in [7, 11) is 0. The third-order valence-electron chi connectivity index (χ3n) is 7.33. The Morgan fingerprint density at radius 2 is 1.90 bits per heavy atom. The molecule has 5 rings (SSSR count). The molecule has 2 aromatic rings. The van der Waals surface area contributed by atoms with Crippen molar-refractivity contribution < 1.29 is 4.79 Å². The van der Waals surface area contributed by atoms with Gasteiger partial charge in [0.1, 0.15) is 0 Å². The van der Waals surface area contributed by atoms with Crippen molar-refractivity contribution in [3.63, 3.8) is 0 Å². The molecule has 3 aliphatic rings. The van der Waals surface area contributed by atoms with Gasteiger partial charge in [-0.25, -0.2) is 0 Å². The highest BCUT2D eigenvalue weighted by molar-refractivity contribution is 6.20. The van der Waals surface area contributed by atoms with E-state index in [2.05, 4.69) is 48.9 Å². The minimum atomic E-state index is -0.258. The van der Waals surface area contributed by atoms with Gasteiger partial charge in [0.2, 0.25) is 0 Å². The number of Topliss-reactive ketones (excluding diaryl/α,β-unsaturated/α-hetero) is 1. The molecular formula is C25H27N3O. The molecule has 4 nitrogen and oxygen atoms in total. The molecule has 1 aromatic heterocycles. The Balaban J connectivity index is 1.62. The van der Waals surface area contributed by atoms with E-state index in [0.29, 0.717) is 5.56 Å². The highest BCUT2D eigenvalue weighted by Crippen LogP contribution is 2.49. The molecule has 148 valence electrons.